The smallest absolute Gasteiger partial charge is 0.290 e. The van der Waals surface area contributed by atoms with E-state index in [1.165, 1.54) is 0 Å². The van der Waals surface area contributed by atoms with E-state index in [0.717, 1.165) is 40.1 Å². The third-order valence-corrected chi connectivity index (χ3v) is 5.03. The molecule has 23 heavy (non-hydrogen) atoms. The minimum atomic E-state index is -0.427. The Morgan fingerprint density at radius 1 is 1.43 bits per heavy atom. The summed E-state index contributed by atoms with van der Waals surface area (Å²) in [5.74, 6) is -0.189. The standard InChI is InChI=1S/C16H20N4O2S/c1-10-6-7-14(23-10)13-8-12(17)16(22)20(19-13)9-15(21)18-11-4-2-3-5-11/h6-8,11H,2-5,9,17H2,1H3,(H,18,21). The lowest BCUT2D eigenvalue weighted by molar-refractivity contribution is -0.122. The fourth-order valence-electron chi connectivity index (χ4n) is 2.84. The van der Waals surface area contributed by atoms with Gasteiger partial charge in [0.05, 0.1) is 4.88 Å². The van der Waals surface area contributed by atoms with Gasteiger partial charge in [-0.15, -0.1) is 11.3 Å². The van der Waals surface area contributed by atoms with Gasteiger partial charge in [0.2, 0.25) is 5.91 Å². The van der Waals surface area contributed by atoms with Crippen molar-refractivity contribution in [2.75, 3.05) is 5.73 Å². The first-order valence-corrected chi connectivity index (χ1v) is 8.58. The molecule has 1 aliphatic carbocycles. The van der Waals surface area contributed by atoms with Crippen LogP contribution in [0.5, 0.6) is 0 Å². The molecule has 3 N–H and O–H groups in total. The number of thiophene rings is 1. The molecule has 0 aliphatic heterocycles. The third-order valence-electron chi connectivity index (χ3n) is 4.01. The summed E-state index contributed by atoms with van der Waals surface area (Å²) >= 11 is 1.58. The Kier molecular flexibility index (Phi) is 4.47. The molecule has 0 unspecified atom stereocenters. The number of aryl methyl sites for hydroxylation is 1. The van der Waals surface area contributed by atoms with Crippen molar-refractivity contribution in [1.82, 2.24) is 15.1 Å². The van der Waals surface area contributed by atoms with E-state index in [-0.39, 0.29) is 24.2 Å². The number of nitrogen functional groups attached to an aromatic ring is 1. The van der Waals surface area contributed by atoms with Gasteiger partial charge in [-0.2, -0.15) is 5.10 Å². The maximum Gasteiger partial charge on any atom is 0.290 e. The number of amides is 1. The van der Waals surface area contributed by atoms with Crippen molar-refractivity contribution in [3.63, 3.8) is 0 Å². The summed E-state index contributed by atoms with van der Waals surface area (Å²) in [7, 11) is 0. The number of hydrogen-bond donors (Lipinski definition) is 2. The number of aromatic nitrogens is 2. The van der Waals surface area contributed by atoms with Crippen LogP contribution < -0.4 is 16.6 Å². The van der Waals surface area contributed by atoms with E-state index in [4.69, 9.17) is 5.73 Å². The van der Waals surface area contributed by atoms with Crippen molar-refractivity contribution in [2.24, 2.45) is 0 Å². The zero-order valence-corrected chi connectivity index (χ0v) is 13.9. The van der Waals surface area contributed by atoms with Crippen LogP contribution in [0.15, 0.2) is 23.0 Å². The van der Waals surface area contributed by atoms with Gasteiger partial charge in [0.25, 0.3) is 5.56 Å². The summed E-state index contributed by atoms with van der Waals surface area (Å²) < 4.78 is 1.16. The molecule has 1 aliphatic rings. The number of hydrogen-bond acceptors (Lipinski definition) is 5. The summed E-state index contributed by atoms with van der Waals surface area (Å²) in [4.78, 5) is 26.3. The van der Waals surface area contributed by atoms with Gasteiger partial charge in [0, 0.05) is 10.9 Å². The molecule has 0 aromatic carbocycles. The fourth-order valence-corrected chi connectivity index (χ4v) is 3.66. The molecule has 0 saturated heterocycles. The molecule has 2 aromatic rings. The van der Waals surface area contributed by atoms with Gasteiger partial charge in [-0.1, -0.05) is 12.8 Å². The monoisotopic (exact) mass is 332 g/mol. The Bertz CT molecular complexity index is 775. The lowest BCUT2D eigenvalue weighted by atomic mass is 10.2. The minimum Gasteiger partial charge on any atom is -0.394 e. The van der Waals surface area contributed by atoms with Crippen molar-refractivity contribution in [2.45, 2.75) is 45.2 Å². The summed E-state index contributed by atoms with van der Waals surface area (Å²) in [6.07, 6.45) is 4.29. The molecule has 1 fully saturated rings. The van der Waals surface area contributed by atoms with Crippen molar-refractivity contribution in [3.05, 3.63) is 33.4 Å². The highest BCUT2D eigenvalue weighted by atomic mass is 32.1. The number of rotatable bonds is 4. The van der Waals surface area contributed by atoms with Crippen molar-refractivity contribution in [1.29, 1.82) is 0 Å². The van der Waals surface area contributed by atoms with E-state index < -0.39 is 5.56 Å². The van der Waals surface area contributed by atoms with Gasteiger partial charge in [-0.05, 0) is 38.0 Å². The zero-order valence-electron chi connectivity index (χ0n) is 13.0. The summed E-state index contributed by atoms with van der Waals surface area (Å²) in [5, 5.41) is 7.27. The average Bonchev–Trinajstić information content (AvgIpc) is 3.15. The maximum atomic E-state index is 12.1. The largest absolute Gasteiger partial charge is 0.394 e. The summed E-state index contributed by atoms with van der Waals surface area (Å²) in [6.45, 7) is 1.90. The molecule has 122 valence electrons. The lowest BCUT2D eigenvalue weighted by Gasteiger charge is -2.13. The second-order valence-corrected chi connectivity index (χ2v) is 7.19. The Balaban J connectivity index is 1.81. The third kappa shape index (κ3) is 3.61. The number of carbonyl (C=O) groups is 1. The van der Waals surface area contributed by atoms with Gasteiger partial charge in [-0.25, -0.2) is 4.68 Å². The molecule has 2 heterocycles. The predicted molar refractivity (Wildman–Crippen MR) is 91.4 cm³/mol. The topological polar surface area (TPSA) is 90.0 Å². The van der Waals surface area contributed by atoms with E-state index >= 15 is 0 Å². The van der Waals surface area contributed by atoms with Crippen LogP contribution in [0, 0.1) is 6.92 Å². The van der Waals surface area contributed by atoms with Gasteiger partial charge in [0.1, 0.15) is 17.9 Å². The van der Waals surface area contributed by atoms with Crippen molar-refractivity contribution < 1.29 is 4.79 Å². The Labute approximate surface area is 138 Å². The van der Waals surface area contributed by atoms with Gasteiger partial charge in [0.15, 0.2) is 0 Å². The van der Waals surface area contributed by atoms with Crippen LogP contribution in [0.4, 0.5) is 5.69 Å². The van der Waals surface area contributed by atoms with E-state index in [2.05, 4.69) is 10.4 Å². The van der Waals surface area contributed by atoms with Crippen LogP contribution in [0.25, 0.3) is 10.6 Å². The van der Waals surface area contributed by atoms with Crippen LogP contribution in [0.2, 0.25) is 0 Å². The van der Waals surface area contributed by atoms with E-state index in [1.807, 2.05) is 19.1 Å². The van der Waals surface area contributed by atoms with Gasteiger partial charge >= 0.3 is 0 Å². The lowest BCUT2D eigenvalue weighted by Crippen LogP contribution is -2.38. The highest BCUT2D eigenvalue weighted by Crippen LogP contribution is 2.26. The molecule has 2 aromatic heterocycles. The number of carbonyl (C=O) groups excluding carboxylic acids is 1. The van der Waals surface area contributed by atoms with Crippen LogP contribution in [-0.2, 0) is 11.3 Å². The van der Waals surface area contributed by atoms with Crippen LogP contribution in [-0.4, -0.2) is 21.7 Å². The van der Waals surface area contributed by atoms with E-state index in [1.54, 1.807) is 17.4 Å². The Morgan fingerprint density at radius 2 is 2.17 bits per heavy atom. The maximum absolute atomic E-state index is 12.1. The van der Waals surface area contributed by atoms with Gasteiger partial charge in [-0.3, -0.25) is 9.59 Å². The zero-order chi connectivity index (χ0) is 16.4. The quantitative estimate of drug-likeness (QED) is 0.895. The Hall–Kier alpha value is -2.15. The molecule has 0 radical (unpaired) electrons. The van der Waals surface area contributed by atoms with Crippen molar-refractivity contribution >= 4 is 22.9 Å². The normalized spacial score (nSPS) is 15.0. The Morgan fingerprint density at radius 3 is 2.83 bits per heavy atom. The number of nitrogens with one attached hydrogen (secondary N) is 1. The molecule has 0 bridgehead atoms. The molecule has 0 spiro atoms. The first-order chi connectivity index (χ1) is 11.0. The highest BCUT2D eigenvalue weighted by molar-refractivity contribution is 7.15. The molecule has 3 rings (SSSR count). The predicted octanol–water partition coefficient (Wildman–Crippen LogP) is 1.92. The van der Waals surface area contributed by atoms with Crippen LogP contribution in [0.3, 0.4) is 0 Å². The van der Waals surface area contributed by atoms with Crippen LogP contribution in [0.1, 0.15) is 30.6 Å². The first kappa shape index (κ1) is 15.7. The molecule has 0 atom stereocenters. The van der Waals surface area contributed by atoms with Gasteiger partial charge < -0.3 is 11.1 Å². The SMILES string of the molecule is Cc1ccc(-c2cc(N)c(=O)n(CC(=O)NC3CCCC3)n2)s1. The second-order valence-electron chi connectivity index (χ2n) is 5.91. The van der Waals surface area contributed by atoms with Crippen molar-refractivity contribution in [3.8, 4) is 10.6 Å². The van der Waals surface area contributed by atoms with E-state index in [9.17, 15) is 9.59 Å². The molecule has 1 amide bonds. The highest BCUT2D eigenvalue weighted by Gasteiger charge is 2.18. The molecule has 1 saturated carbocycles. The van der Waals surface area contributed by atoms with E-state index in [0.29, 0.717) is 5.69 Å². The average molecular weight is 332 g/mol. The number of anilines is 1. The number of nitrogens with two attached hydrogens (primary N) is 1. The summed E-state index contributed by atoms with van der Waals surface area (Å²) in [6, 6.07) is 5.72. The molecule has 6 nitrogen and oxygen atoms in total. The first-order valence-electron chi connectivity index (χ1n) is 7.77. The summed E-state index contributed by atoms with van der Waals surface area (Å²) in [5.41, 5.74) is 6.10. The molecular weight excluding hydrogens is 312 g/mol. The minimum absolute atomic E-state index is 0.0995. The molecular formula is C16H20N4O2S. The number of nitrogens with zero attached hydrogens (tertiary/aromatic N) is 2. The fraction of sp³-hybridized carbons (Fsp3) is 0.438. The van der Waals surface area contributed by atoms with Crippen LogP contribution >= 0.6 is 11.3 Å². The second kappa shape index (κ2) is 6.54. The molecule has 7 heteroatoms.